The number of H-pyrrole nitrogens is 1. The van der Waals surface area contributed by atoms with Crippen LogP contribution in [0.25, 0.3) is 21.8 Å². The minimum atomic E-state index is -0.462. The molecule has 10 nitrogen and oxygen atoms in total. The van der Waals surface area contributed by atoms with E-state index in [0.717, 1.165) is 17.0 Å². The van der Waals surface area contributed by atoms with E-state index in [1.54, 1.807) is 30.3 Å². The third kappa shape index (κ3) is 4.58. The lowest BCUT2D eigenvalue weighted by atomic mass is 10.1. The molecular formula is C27H24N6O4S. The average Bonchev–Trinajstić information content (AvgIpc) is 3.66. The molecule has 1 unspecified atom stereocenters. The second-order valence-corrected chi connectivity index (χ2v) is 9.96. The number of nitrogens with one attached hydrogen (secondary N) is 5. The fourth-order valence-corrected chi connectivity index (χ4v) is 5.51. The Morgan fingerprint density at radius 2 is 1.92 bits per heavy atom. The zero-order valence-corrected chi connectivity index (χ0v) is 21.0. The lowest BCUT2D eigenvalue weighted by Crippen LogP contribution is -2.50. The summed E-state index contributed by atoms with van der Waals surface area (Å²) >= 11 is 1.28. The van der Waals surface area contributed by atoms with Gasteiger partial charge in [0.05, 0.1) is 38.9 Å². The highest BCUT2D eigenvalue weighted by Crippen LogP contribution is 2.44. The molecule has 0 saturated carbocycles. The molecular weight excluding hydrogens is 504 g/mol. The van der Waals surface area contributed by atoms with Crippen LogP contribution in [0.5, 0.6) is 0 Å². The highest BCUT2D eigenvalue weighted by molar-refractivity contribution is 7.17. The summed E-state index contributed by atoms with van der Waals surface area (Å²) in [6.45, 7) is 2.17. The van der Waals surface area contributed by atoms with E-state index in [2.05, 4.69) is 31.5 Å². The van der Waals surface area contributed by atoms with E-state index in [4.69, 9.17) is 4.74 Å². The van der Waals surface area contributed by atoms with E-state index >= 15 is 0 Å². The zero-order valence-electron chi connectivity index (χ0n) is 20.2. The van der Waals surface area contributed by atoms with E-state index < -0.39 is 12.3 Å². The number of aromatic amines is 1. The second-order valence-electron chi connectivity index (χ2n) is 8.87. The van der Waals surface area contributed by atoms with Gasteiger partial charge in [0.1, 0.15) is 11.9 Å². The van der Waals surface area contributed by atoms with Crippen molar-refractivity contribution in [1.82, 2.24) is 26.1 Å². The first-order valence-electron chi connectivity index (χ1n) is 12.2. The summed E-state index contributed by atoms with van der Waals surface area (Å²) < 4.78 is 5.52. The van der Waals surface area contributed by atoms with Crippen molar-refractivity contribution in [3.8, 4) is 21.8 Å². The maximum absolute atomic E-state index is 13.6. The van der Waals surface area contributed by atoms with Crippen LogP contribution in [0.4, 0.5) is 10.5 Å². The van der Waals surface area contributed by atoms with Gasteiger partial charge in [-0.25, -0.2) is 4.79 Å². The third-order valence-corrected chi connectivity index (χ3v) is 7.48. The number of benzene rings is 2. The van der Waals surface area contributed by atoms with Crippen LogP contribution in [-0.2, 0) is 11.3 Å². The number of amides is 3. The lowest BCUT2D eigenvalue weighted by Gasteiger charge is -2.24. The summed E-state index contributed by atoms with van der Waals surface area (Å²) in [5.41, 5.74) is 3.91. The molecule has 3 amide bonds. The van der Waals surface area contributed by atoms with Gasteiger partial charge in [-0.2, -0.15) is 5.10 Å². The number of ether oxygens (including phenoxy) is 1. The third-order valence-electron chi connectivity index (χ3n) is 6.38. The lowest BCUT2D eigenvalue weighted by molar-refractivity contribution is 0.0156. The molecule has 1 atom stereocenters. The minimum Gasteiger partial charge on any atom is -0.356 e. The molecule has 192 valence electrons. The summed E-state index contributed by atoms with van der Waals surface area (Å²) in [7, 11) is 0. The van der Waals surface area contributed by atoms with E-state index in [1.807, 2.05) is 30.3 Å². The fraction of sp³-hybridized carbons (Fsp3) is 0.185. The van der Waals surface area contributed by atoms with Crippen molar-refractivity contribution in [2.45, 2.75) is 12.8 Å². The first kappa shape index (κ1) is 24.0. The van der Waals surface area contributed by atoms with Crippen molar-refractivity contribution >= 4 is 34.7 Å². The van der Waals surface area contributed by atoms with E-state index in [0.29, 0.717) is 58.3 Å². The highest BCUT2D eigenvalue weighted by Gasteiger charge is 2.35. The molecule has 38 heavy (non-hydrogen) atoms. The molecule has 0 spiro atoms. The number of nitrogens with zero attached hydrogens (tertiary/aromatic N) is 1. The van der Waals surface area contributed by atoms with Crippen molar-refractivity contribution in [1.29, 1.82) is 0 Å². The van der Waals surface area contributed by atoms with Crippen LogP contribution in [0.2, 0.25) is 0 Å². The molecule has 0 radical (unpaired) electrons. The number of ketones is 1. The van der Waals surface area contributed by atoms with Gasteiger partial charge in [0, 0.05) is 25.2 Å². The SMILES string of the molecule is O=C(Nc1cccc2c1C(=O)c1c-2n[nH]c1-c1ccc(C(=O)NCc2ccccc2)s1)NC1CNCCO1. The smallest absolute Gasteiger partial charge is 0.321 e. The molecule has 1 saturated heterocycles. The van der Waals surface area contributed by atoms with E-state index in [1.165, 1.54) is 11.3 Å². The predicted octanol–water partition coefficient (Wildman–Crippen LogP) is 3.35. The summed E-state index contributed by atoms with van der Waals surface area (Å²) in [5.74, 6) is -0.431. The molecule has 1 aliphatic carbocycles. The van der Waals surface area contributed by atoms with Gasteiger partial charge in [-0.05, 0) is 23.8 Å². The largest absolute Gasteiger partial charge is 0.356 e. The van der Waals surface area contributed by atoms with Crippen LogP contribution >= 0.6 is 11.3 Å². The van der Waals surface area contributed by atoms with Crippen molar-refractivity contribution in [3.63, 3.8) is 0 Å². The number of rotatable bonds is 6. The minimum absolute atomic E-state index is 0.189. The van der Waals surface area contributed by atoms with Gasteiger partial charge in [0.2, 0.25) is 0 Å². The Hall–Kier alpha value is -4.32. The number of urea groups is 1. The predicted molar refractivity (Wildman–Crippen MR) is 143 cm³/mol. The van der Waals surface area contributed by atoms with Crippen LogP contribution in [0.1, 0.15) is 31.2 Å². The molecule has 11 heteroatoms. The van der Waals surface area contributed by atoms with Crippen molar-refractivity contribution in [2.75, 3.05) is 25.0 Å². The van der Waals surface area contributed by atoms with Crippen molar-refractivity contribution in [3.05, 3.63) is 82.2 Å². The molecule has 2 aliphatic rings. The number of carbonyl (C=O) groups is 3. The second kappa shape index (κ2) is 10.2. The van der Waals surface area contributed by atoms with Gasteiger partial charge in [0.25, 0.3) is 5.91 Å². The Bertz CT molecular complexity index is 1520. The number of fused-ring (bicyclic) bond motifs is 3. The Kier molecular flexibility index (Phi) is 6.46. The maximum atomic E-state index is 13.6. The van der Waals surface area contributed by atoms with Crippen LogP contribution < -0.4 is 21.3 Å². The fourth-order valence-electron chi connectivity index (χ4n) is 4.58. The van der Waals surface area contributed by atoms with Gasteiger partial charge >= 0.3 is 6.03 Å². The molecule has 3 heterocycles. The number of hydrogen-bond donors (Lipinski definition) is 5. The molecule has 6 rings (SSSR count). The molecule has 2 aromatic carbocycles. The maximum Gasteiger partial charge on any atom is 0.321 e. The van der Waals surface area contributed by atoms with Crippen LogP contribution in [-0.4, -0.2) is 53.8 Å². The number of morpholine rings is 1. The van der Waals surface area contributed by atoms with Gasteiger partial charge in [0.15, 0.2) is 5.78 Å². The number of hydrogen-bond acceptors (Lipinski definition) is 7. The standard InChI is InChI=1S/C27H24N6O4S/c34-25-21-16(7-4-8-17(21)30-27(36)31-20-14-28-11-12-37-20)23-22(25)24(33-32-23)18-9-10-19(38-18)26(35)29-13-15-5-2-1-3-6-15/h1-10,20,28H,11-14H2,(H,29,35)(H,32,33)(H2,30,31,36). The Labute approximate surface area is 221 Å². The molecule has 1 aliphatic heterocycles. The number of thiophene rings is 1. The van der Waals surface area contributed by atoms with E-state index in [9.17, 15) is 14.4 Å². The average molecular weight is 529 g/mol. The summed E-state index contributed by atoms with van der Waals surface area (Å²) in [6, 6.07) is 18.0. The number of anilines is 1. The first-order chi connectivity index (χ1) is 18.6. The quantitative estimate of drug-likeness (QED) is 0.229. The molecule has 0 bridgehead atoms. The van der Waals surface area contributed by atoms with Gasteiger partial charge in [-0.1, -0.05) is 42.5 Å². The van der Waals surface area contributed by atoms with Crippen molar-refractivity contribution in [2.24, 2.45) is 0 Å². The highest BCUT2D eigenvalue weighted by atomic mass is 32.1. The molecule has 2 aromatic heterocycles. The summed E-state index contributed by atoms with van der Waals surface area (Å²) in [5, 5.41) is 19.0. The number of carbonyl (C=O) groups excluding carboxylic acids is 3. The van der Waals surface area contributed by atoms with Crippen LogP contribution in [0.15, 0.2) is 60.7 Å². The summed E-state index contributed by atoms with van der Waals surface area (Å²) in [4.78, 5) is 40.2. The number of aromatic nitrogens is 2. The van der Waals surface area contributed by atoms with Gasteiger partial charge < -0.3 is 26.0 Å². The van der Waals surface area contributed by atoms with Crippen molar-refractivity contribution < 1.29 is 19.1 Å². The van der Waals surface area contributed by atoms with Gasteiger partial charge in [-0.3, -0.25) is 14.7 Å². The monoisotopic (exact) mass is 528 g/mol. The van der Waals surface area contributed by atoms with Crippen LogP contribution in [0, 0.1) is 0 Å². The summed E-state index contributed by atoms with van der Waals surface area (Å²) in [6.07, 6.45) is -0.448. The topological polar surface area (TPSA) is 137 Å². The van der Waals surface area contributed by atoms with Gasteiger partial charge in [-0.15, -0.1) is 11.3 Å². The molecule has 1 fully saturated rings. The Morgan fingerprint density at radius 1 is 1.05 bits per heavy atom. The van der Waals surface area contributed by atoms with E-state index in [-0.39, 0.29) is 11.7 Å². The zero-order chi connectivity index (χ0) is 26.1. The molecule has 4 aromatic rings. The first-order valence-corrected chi connectivity index (χ1v) is 13.0. The normalized spacial score (nSPS) is 16.0. The Morgan fingerprint density at radius 3 is 2.74 bits per heavy atom. The Balaban J connectivity index is 1.20. The van der Waals surface area contributed by atoms with Crippen LogP contribution in [0.3, 0.4) is 0 Å². The molecule has 5 N–H and O–H groups in total.